The number of carbonyl (C=O) groups excluding carboxylic acids is 1. The summed E-state index contributed by atoms with van der Waals surface area (Å²) in [6, 6.07) is 8.47. The molecule has 0 fully saturated rings. The Kier molecular flexibility index (Phi) is 4.61. The topological polar surface area (TPSA) is 78.9 Å². The number of fused-ring (bicyclic) bond motifs is 1. The summed E-state index contributed by atoms with van der Waals surface area (Å²) in [7, 11) is 1.30. The average Bonchev–Trinajstić information content (AvgIpc) is 2.98. The lowest BCUT2D eigenvalue weighted by atomic mass is 10.1. The van der Waals surface area contributed by atoms with Crippen LogP contribution in [0.2, 0.25) is 0 Å². The summed E-state index contributed by atoms with van der Waals surface area (Å²) in [5, 5.41) is 0.891. The van der Waals surface area contributed by atoms with Crippen molar-refractivity contribution in [2.45, 2.75) is 26.9 Å². The number of aryl methyl sites for hydroxylation is 2. The van der Waals surface area contributed by atoms with Crippen molar-refractivity contribution in [3.63, 3.8) is 0 Å². The predicted octanol–water partition coefficient (Wildman–Crippen LogP) is 3.62. The van der Waals surface area contributed by atoms with Crippen molar-refractivity contribution in [2.24, 2.45) is 0 Å². The first-order valence-corrected chi connectivity index (χ1v) is 7.89. The van der Waals surface area contributed by atoms with Gasteiger partial charge >= 0.3 is 11.6 Å². The molecule has 25 heavy (non-hydrogen) atoms. The van der Waals surface area contributed by atoms with Gasteiger partial charge in [-0.2, -0.15) is 0 Å². The molecule has 0 amide bonds. The number of carbonyl (C=O) groups is 1. The van der Waals surface area contributed by atoms with Crippen LogP contribution in [0.4, 0.5) is 0 Å². The highest BCUT2D eigenvalue weighted by Gasteiger charge is 2.15. The molecule has 0 bridgehead atoms. The fraction of sp³-hybridized carbons (Fsp3) is 0.263. The molecule has 2 heterocycles. The van der Waals surface area contributed by atoms with Gasteiger partial charge in [-0.15, -0.1) is 0 Å². The van der Waals surface area contributed by atoms with Crippen molar-refractivity contribution in [3.05, 3.63) is 63.4 Å². The molecule has 0 spiro atoms. The third kappa shape index (κ3) is 3.42. The lowest BCUT2D eigenvalue weighted by Gasteiger charge is -2.07. The van der Waals surface area contributed by atoms with E-state index in [1.807, 2.05) is 19.1 Å². The van der Waals surface area contributed by atoms with Gasteiger partial charge in [0.05, 0.1) is 7.11 Å². The molecular formula is C19H18O6. The van der Waals surface area contributed by atoms with Gasteiger partial charge in [0.1, 0.15) is 23.7 Å². The zero-order valence-electron chi connectivity index (χ0n) is 14.3. The third-order valence-electron chi connectivity index (χ3n) is 3.98. The van der Waals surface area contributed by atoms with Crippen LogP contribution in [0.15, 0.2) is 44.0 Å². The van der Waals surface area contributed by atoms with E-state index in [-0.39, 0.29) is 18.0 Å². The molecule has 3 aromatic rings. The second kappa shape index (κ2) is 6.84. The van der Waals surface area contributed by atoms with Crippen molar-refractivity contribution in [1.82, 2.24) is 0 Å². The molecule has 0 saturated carbocycles. The molecule has 3 rings (SSSR count). The van der Waals surface area contributed by atoms with E-state index in [1.54, 1.807) is 19.1 Å². The van der Waals surface area contributed by atoms with Gasteiger partial charge in [0.25, 0.3) is 0 Å². The van der Waals surface area contributed by atoms with Crippen molar-refractivity contribution in [2.75, 3.05) is 7.11 Å². The molecule has 0 aliphatic carbocycles. The Morgan fingerprint density at radius 3 is 2.64 bits per heavy atom. The van der Waals surface area contributed by atoms with Crippen LogP contribution in [-0.4, -0.2) is 13.1 Å². The van der Waals surface area contributed by atoms with E-state index in [9.17, 15) is 9.59 Å². The molecule has 0 aliphatic heterocycles. The number of rotatable bonds is 5. The second-order valence-electron chi connectivity index (χ2n) is 5.57. The van der Waals surface area contributed by atoms with Gasteiger partial charge in [-0.1, -0.05) is 6.92 Å². The smallest absolute Gasteiger partial charge is 0.373 e. The van der Waals surface area contributed by atoms with Gasteiger partial charge in [-0.25, -0.2) is 9.59 Å². The summed E-state index contributed by atoms with van der Waals surface area (Å²) in [4.78, 5) is 23.1. The van der Waals surface area contributed by atoms with E-state index in [1.165, 1.54) is 13.2 Å². The molecule has 0 radical (unpaired) electrons. The summed E-state index contributed by atoms with van der Waals surface area (Å²) < 4.78 is 21.0. The minimum absolute atomic E-state index is 0.135. The Morgan fingerprint density at radius 1 is 1.12 bits per heavy atom. The number of hydrogen-bond donors (Lipinski definition) is 0. The monoisotopic (exact) mass is 342 g/mol. The van der Waals surface area contributed by atoms with Gasteiger partial charge in [0.15, 0.2) is 0 Å². The molecule has 0 aliphatic rings. The summed E-state index contributed by atoms with van der Waals surface area (Å²) >= 11 is 0. The van der Waals surface area contributed by atoms with Crippen molar-refractivity contribution < 1.29 is 23.1 Å². The molecule has 0 N–H and O–H groups in total. The Morgan fingerprint density at radius 2 is 1.92 bits per heavy atom. The van der Waals surface area contributed by atoms with Crippen LogP contribution in [0.5, 0.6) is 5.75 Å². The normalized spacial score (nSPS) is 10.8. The van der Waals surface area contributed by atoms with Crippen molar-refractivity contribution in [1.29, 1.82) is 0 Å². The molecule has 1 aromatic carbocycles. The fourth-order valence-electron chi connectivity index (χ4n) is 2.62. The maximum Gasteiger partial charge on any atom is 0.373 e. The highest BCUT2D eigenvalue weighted by Crippen LogP contribution is 2.24. The average molecular weight is 342 g/mol. The van der Waals surface area contributed by atoms with Crippen LogP contribution >= 0.6 is 0 Å². The van der Waals surface area contributed by atoms with Crippen LogP contribution in [-0.2, 0) is 17.8 Å². The molecular weight excluding hydrogens is 324 g/mol. The summed E-state index contributed by atoms with van der Waals surface area (Å²) in [6.07, 6.45) is 0.743. The first kappa shape index (κ1) is 16.8. The van der Waals surface area contributed by atoms with Crippen LogP contribution in [0.1, 0.15) is 34.4 Å². The summed E-state index contributed by atoms with van der Waals surface area (Å²) in [5.41, 5.74) is 1.78. The van der Waals surface area contributed by atoms with Crippen molar-refractivity contribution in [3.8, 4) is 5.75 Å². The predicted molar refractivity (Wildman–Crippen MR) is 91.0 cm³/mol. The zero-order chi connectivity index (χ0) is 18.0. The van der Waals surface area contributed by atoms with Crippen LogP contribution in [0.3, 0.4) is 0 Å². The van der Waals surface area contributed by atoms with E-state index >= 15 is 0 Å². The number of ether oxygens (including phenoxy) is 2. The maximum atomic E-state index is 11.6. The van der Waals surface area contributed by atoms with Gasteiger partial charge in [-0.05, 0) is 37.1 Å². The first-order chi connectivity index (χ1) is 12.0. The number of hydrogen-bond acceptors (Lipinski definition) is 6. The van der Waals surface area contributed by atoms with Crippen LogP contribution < -0.4 is 10.4 Å². The summed E-state index contributed by atoms with van der Waals surface area (Å²) in [6.45, 7) is 3.95. The minimum Gasteiger partial charge on any atom is -0.489 e. The van der Waals surface area contributed by atoms with Crippen molar-refractivity contribution >= 4 is 16.9 Å². The van der Waals surface area contributed by atoms with Gasteiger partial charge in [0, 0.05) is 23.1 Å². The number of furan rings is 1. The standard InChI is InChI=1S/C19H18O6/c1-4-12-8-18(20)25-16-9-14(5-6-15(12)16)23-10-13-7-17(19(21)22-3)24-11(13)2/h5-9H,4,10H2,1-3H3. The van der Waals surface area contributed by atoms with Crippen LogP contribution in [0, 0.1) is 6.92 Å². The SMILES string of the molecule is CCc1cc(=O)oc2cc(OCc3cc(C(=O)OC)oc3C)ccc12. The number of esters is 1. The molecule has 2 aromatic heterocycles. The maximum absolute atomic E-state index is 11.6. The van der Waals surface area contributed by atoms with E-state index in [4.69, 9.17) is 13.6 Å². The molecule has 6 heteroatoms. The lowest BCUT2D eigenvalue weighted by molar-refractivity contribution is 0.0563. The largest absolute Gasteiger partial charge is 0.489 e. The molecule has 0 saturated heterocycles. The molecule has 0 atom stereocenters. The van der Waals surface area contributed by atoms with E-state index in [0.29, 0.717) is 17.1 Å². The number of methoxy groups -OCH3 is 1. The highest BCUT2D eigenvalue weighted by atomic mass is 16.5. The quantitative estimate of drug-likeness (QED) is 0.520. The third-order valence-corrected chi connectivity index (χ3v) is 3.98. The molecule has 130 valence electrons. The van der Waals surface area contributed by atoms with Crippen LogP contribution in [0.25, 0.3) is 11.0 Å². The Bertz CT molecular complexity index is 979. The zero-order valence-corrected chi connectivity index (χ0v) is 14.3. The Hall–Kier alpha value is -3.02. The fourth-order valence-corrected chi connectivity index (χ4v) is 2.62. The van der Waals surface area contributed by atoms with E-state index in [2.05, 4.69) is 4.74 Å². The van der Waals surface area contributed by atoms with E-state index in [0.717, 1.165) is 22.9 Å². The highest BCUT2D eigenvalue weighted by molar-refractivity contribution is 5.86. The van der Waals surface area contributed by atoms with Gasteiger partial charge < -0.3 is 18.3 Å². The molecule has 6 nitrogen and oxygen atoms in total. The lowest BCUT2D eigenvalue weighted by Crippen LogP contribution is -2.01. The first-order valence-electron chi connectivity index (χ1n) is 7.89. The minimum atomic E-state index is -0.533. The Balaban J connectivity index is 1.83. The molecule has 0 unspecified atom stereocenters. The second-order valence-corrected chi connectivity index (χ2v) is 5.57. The Labute approximate surface area is 144 Å². The van der Waals surface area contributed by atoms with Gasteiger partial charge in [0.2, 0.25) is 5.76 Å². The number of benzene rings is 1. The summed E-state index contributed by atoms with van der Waals surface area (Å²) in [5.74, 6) is 0.745. The van der Waals surface area contributed by atoms with E-state index < -0.39 is 5.97 Å². The van der Waals surface area contributed by atoms with Gasteiger partial charge in [-0.3, -0.25) is 0 Å².